The van der Waals surface area contributed by atoms with Gasteiger partial charge in [0.1, 0.15) is 11.6 Å². The zero-order valence-corrected chi connectivity index (χ0v) is 11.0. The molecule has 100 valence electrons. The highest BCUT2D eigenvalue weighted by atomic mass is 16.5. The molecule has 5 heteroatoms. The monoisotopic (exact) mass is 260 g/mol. The summed E-state index contributed by atoms with van der Waals surface area (Å²) in [5.74, 6) is 1.21. The molecule has 0 aromatic carbocycles. The first kappa shape index (κ1) is 13.1. The first-order valence-corrected chi connectivity index (χ1v) is 6.06. The molecule has 5 nitrogen and oxygen atoms in total. The molecular formula is C14H16N2O3. The Labute approximate surface area is 111 Å². The van der Waals surface area contributed by atoms with Crippen molar-refractivity contribution in [1.29, 1.82) is 0 Å². The fourth-order valence-corrected chi connectivity index (χ4v) is 1.78. The van der Waals surface area contributed by atoms with E-state index in [2.05, 4.69) is 4.98 Å². The number of nitrogens with zero attached hydrogens (tertiary/aromatic N) is 2. The quantitative estimate of drug-likeness (QED) is 0.773. The van der Waals surface area contributed by atoms with Crippen molar-refractivity contribution in [2.45, 2.75) is 13.5 Å². The predicted octanol–water partition coefficient (Wildman–Crippen LogP) is 2.49. The van der Waals surface area contributed by atoms with Crippen LogP contribution in [0.1, 0.15) is 23.0 Å². The van der Waals surface area contributed by atoms with E-state index >= 15 is 0 Å². The van der Waals surface area contributed by atoms with Crippen LogP contribution in [0, 0.1) is 0 Å². The lowest BCUT2D eigenvalue weighted by atomic mass is 10.2. The van der Waals surface area contributed by atoms with Crippen molar-refractivity contribution >= 4 is 11.8 Å². The Morgan fingerprint density at radius 1 is 1.47 bits per heavy atom. The molecule has 0 aliphatic rings. The summed E-state index contributed by atoms with van der Waals surface area (Å²) in [5, 5.41) is 0. The molecule has 0 amide bonds. The molecule has 0 atom stereocenters. The maximum absolute atomic E-state index is 11.5. The van der Waals surface area contributed by atoms with E-state index in [-0.39, 0.29) is 5.97 Å². The zero-order valence-electron chi connectivity index (χ0n) is 11.0. The van der Waals surface area contributed by atoms with Gasteiger partial charge in [0.2, 0.25) is 0 Å². The molecule has 0 radical (unpaired) electrons. The highest BCUT2D eigenvalue weighted by molar-refractivity contribution is 5.90. The van der Waals surface area contributed by atoms with Gasteiger partial charge in [-0.05, 0) is 31.2 Å². The van der Waals surface area contributed by atoms with Crippen LogP contribution in [0.25, 0.3) is 0 Å². The Morgan fingerprint density at radius 3 is 2.95 bits per heavy atom. The number of rotatable bonds is 5. The van der Waals surface area contributed by atoms with Crippen LogP contribution in [0.5, 0.6) is 0 Å². The minimum Gasteiger partial charge on any atom is -0.467 e. The fraction of sp³-hybridized carbons (Fsp3) is 0.286. The van der Waals surface area contributed by atoms with Gasteiger partial charge in [-0.25, -0.2) is 9.78 Å². The summed E-state index contributed by atoms with van der Waals surface area (Å²) in [6, 6.07) is 7.11. The molecule has 2 aromatic heterocycles. The highest BCUT2D eigenvalue weighted by Crippen LogP contribution is 2.16. The molecular weight excluding hydrogens is 244 g/mol. The van der Waals surface area contributed by atoms with Crippen LogP contribution in [0.15, 0.2) is 41.1 Å². The summed E-state index contributed by atoms with van der Waals surface area (Å²) in [4.78, 5) is 17.8. The van der Waals surface area contributed by atoms with Gasteiger partial charge in [0.15, 0.2) is 0 Å². The van der Waals surface area contributed by atoms with Crippen molar-refractivity contribution in [3.8, 4) is 0 Å². The smallest absolute Gasteiger partial charge is 0.338 e. The van der Waals surface area contributed by atoms with E-state index in [1.807, 2.05) is 24.0 Å². The number of carbonyl (C=O) groups excluding carboxylic acids is 1. The van der Waals surface area contributed by atoms with Crippen LogP contribution >= 0.6 is 0 Å². The Morgan fingerprint density at radius 2 is 2.32 bits per heavy atom. The number of pyridine rings is 1. The van der Waals surface area contributed by atoms with Crippen molar-refractivity contribution in [1.82, 2.24) is 4.98 Å². The third-order valence-corrected chi connectivity index (χ3v) is 2.80. The van der Waals surface area contributed by atoms with Gasteiger partial charge in [0.05, 0.1) is 25.5 Å². The van der Waals surface area contributed by atoms with E-state index in [4.69, 9.17) is 9.15 Å². The maximum Gasteiger partial charge on any atom is 0.338 e. The molecule has 0 bridgehead atoms. The molecule has 0 fully saturated rings. The van der Waals surface area contributed by atoms with Crippen molar-refractivity contribution in [2.75, 3.05) is 18.6 Å². The first-order valence-electron chi connectivity index (χ1n) is 6.06. The van der Waals surface area contributed by atoms with Gasteiger partial charge in [-0.15, -0.1) is 0 Å². The van der Waals surface area contributed by atoms with Crippen LogP contribution in [0.3, 0.4) is 0 Å². The molecule has 2 rings (SSSR count). The summed E-state index contributed by atoms with van der Waals surface area (Å²) in [6.07, 6.45) is 3.24. The number of methoxy groups -OCH3 is 1. The third kappa shape index (κ3) is 3.13. The number of carbonyl (C=O) groups is 1. The number of esters is 1. The zero-order chi connectivity index (χ0) is 13.7. The summed E-state index contributed by atoms with van der Waals surface area (Å²) in [6.45, 7) is 3.40. The Hall–Kier alpha value is -2.30. The van der Waals surface area contributed by atoms with Gasteiger partial charge in [-0.2, -0.15) is 0 Å². The highest BCUT2D eigenvalue weighted by Gasteiger charge is 2.12. The molecule has 0 spiro atoms. The maximum atomic E-state index is 11.5. The topological polar surface area (TPSA) is 55.6 Å². The lowest BCUT2D eigenvalue weighted by Crippen LogP contribution is -2.23. The molecule has 0 unspecified atom stereocenters. The molecule has 0 saturated carbocycles. The number of hydrogen-bond donors (Lipinski definition) is 0. The average molecular weight is 260 g/mol. The van der Waals surface area contributed by atoms with Gasteiger partial charge >= 0.3 is 5.97 Å². The molecule has 0 saturated heterocycles. The van der Waals surface area contributed by atoms with Crippen molar-refractivity contribution < 1.29 is 13.9 Å². The normalized spacial score (nSPS) is 10.2. The standard InChI is InChI=1S/C14H16N2O3/c1-3-16(10-12-5-4-8-19-12)13-9-11(6-7-15-13)14(17)18-2/h4-9H,3,10H2,1-2H3. The Bertz CT molecular complexity index is 537. The lowest BCUT2D eigenvalue weighted by molar-refractivity contribution is 0.0600. The molecule has 0 aliphatic heterocycles. The molecule has 0 N–H and O–H groups in total. The lowest BCUT2D eigenvalue weighted by Gasteiger charge is -2.20. The third-order valence-electron chi connectivity index (χ3n) is 2.80. The molecule has 2 aromatic rings. The summed E-state index contributed by atoms with van der Waals surface area (Å²) in [7, 11) is 1.36. The number of hydrogen-bond acceptors (Lipinski definition) is 5. The van der Waals surface area contributed by atoms with Crippen molar-refractivity contribution in [3.05, 3.63) is 48.0 Å². The summed E-state index contributed by atoms with van der Waals surface area (Å²) >= 11 is 0. The predicted molar refractivity (Wildman–Crippen MR) is 71.0 cm³/mol. The van der Waals surface area contributed by atoms with Crippen LogP contribution in [-0.2, 0) is 11.3 Å². The SMILES string of the molecule is CCN(Cc1ccco1)c1cc(C(=O)OC)ccn1. The van der Waals surface area contributed by atoms with E-state index in [0.29, 0.717) is 12.1 Å². The second-order valence-corrected chi connectivity index (χ2v) is 3.99. The van der Waals surface area contributed by atoms with E-state index in [1.165, 1.54) is 7.11 Å². The summed E-state index contributed by atoms with van der Waals surface area (Å²) < 4.78 is 10.0. The number of anilines is 1. The van der Waals surface area contributed by atoms with Crippen LogP contribution in [0.2, 0.25) is 0 Å². The fourth-order valence-electron chi connectivity index (χ4n) is 1.78. The van der Waals surface area contributed by atoms with Crippen molar-refractivity contribution in [3.63, 3.8) is 0 Å². The van der Waals surface area contributed by atoms with Gasteiger partial charge in [0, 0.05) is 12.7 Å². The molecule has 19 heavy (non-hydrogen) atoms. The number of aromatic nitrogens is 1. The average Bonchev–Trinajstić information content (AvgIpc) is 2.97. The minimum absolute atomic E-state index is 0.363. The van der Waals surface area contributed by atoms with Gasteiger partial charge < -0.3 is 14.1 Å². The van der Waals surface area contributed by atoms with Crippen LogP contribution in [0.4, 0.5) is 5.82 Å². The molecule has 2 heterocycles. The van der Waals surface area contributed by atoms with E-state index < -0.39 is 0 Å². The Kier molecular flexibility index (Phi) is 4.18. The second-order valence-electron chi connectivity index (χ2n) is 3.99. The molecule has 0 aliphatic carbocycles. The largest absolute Gasteiger partial charge is 0.467 e. The first-order chi connectivity index (χ1) is 9.24. The van der Waals surface area contributed by atoms with Crippen LogP contribution < -0.4 is 4.90 Å². The number of ether oxygens (including phenoxy) is 1. The Balaban J connectivity index is 2.20. The van der Waals surface area contributed by atoms with Gasteiger partial charge in [-0.3, -0.25) is 0 Å². The van der Waals surface area contributed by atoms with Crippen LogP contribution in [-0.4, -0.2) is 24.6 Å². The summed E-state index contributed by atoms with van der Waals surface area (Å²) in [5.41, 5.74) is 0.491. The van der Waals surface area contributed by atoms with Gasteiger partial charge in [0.25, 0.3) is 0 Å². The van der Waals surface area contributed by atoms with E-state index in [9.17, 15) is 4.79 Å². The minimum atomic E-state index is -0.363. The number of furan rings is 1. The van der Waals surface area contributed by atoms with E-state index in [1.54, 1.807) is 24.6 Å². The second kappa shape index (κ2) is 6.04. The van der Waals surface area contributed by atoms with E-state index in [0.717, 1.165) is 18.1 Å². The van der Waals surface area contributed by atoms with Crippen molar-refractivity contribution in [2.24, 2.45) is 0 Å². The van der Waals surface area contributed by atoms with Gasteiger partial charge in [-0.1, -0.05) is 0 Å².